The van der Waals surface area contributed by atoms with Crippen molar-refractivity contribution in [3.8, 4) is 5.75 Å². The summed E-state index contributed by atoms with van der Waals surface area (Å²) in [6.07, 6.45) is 20.4. The highest BCUT2D eigenvalue weighted by Crippen LogP contribution is 2.17. The molecule has 1 aromatic rings. The van der Waals surface area contributed by atoms with Gasteiger partial charge in [-0.2, -0.15) is 0 Å². The number of aromatic hydroxyl groups is 1. The van der Waals surface area contributed by atoms with E-state index in [0.29, 0.717) is 0 Å². The largest absolute Gasteiger partial charge is 0.545 e. The Balaban J connectivity index is 0.000000683. The number of carbonyl (C=O) groups is 1. The normalized spacial score (nSPS) is 11.1. The average molecular weight is 436 g/mol. The molecule has 1 aromatic carbocycles. The third-order valence-corrected chi connectivity index (χ3v) is 5.56. The maximum absolute atomic E-state index is 10.3. The van der Waals surface area contributed by atoms with Crippen molar-refractivity contribution in [3.05, 3.63) is 29.3 Å². The van der Waals surface area contributed by atoms with E-state index in [4.69, 9.17) is 5.11 Å². The van der Waals surface area contributed by atoms with E-state index in [2.05, 4.69) is 28.1 Å². The number of hydrogen-bond acceptors (Lipinski definition) is 3. The minimum Gasteiger partial charge on any atom is -0.545 e. The van der Waals surface area contributed by atoms with Crippen LogP contribution in [-0.4, -0.2) is 43.2 Å². The Morgan fingerprint density at radius 2 is 1.23 bits per heavy atom. The maximum atomic E-state index is 10.3. The molecule has 1 N–H and O–H groups in total. The highest BCUT2D eigenvalue weighted by molar-refractivity contribution is 5.89. The molecule has 1 rings (SSSR count). The van der Waals surface area contributed by atoms with Gasteiger partial charge < -0.3 is 19.5 Å². The number of benzene rings is 1. The van der Waals surface area contributed by atoms with Gasteiger partial charge in [-0.1, -0.05) is 90.0 Å². The monoisotopic (exact) mass is 435 g/mol. The summed E-state index contributed by atoms with van der Waals surface area (Å²) in [5, 5.41) is 19.3. The summed E-state index contributed by atoms with van der Waals surface area (Å²) in [4.78, 5) is 10.3. The van der Waals surface area contributed by atoms with Gasteiger partial charge in [-0.3, -0.25) is 0 Å². The van der Waals surface area contributed by atoms with E-state index in [0.717, 1.165) is 10.0 Å². The van der Waals surface area contributed by atoms with Crippen molar-refractivity contribution in [3.63, 3.8) is 0 Å². The summed E-state index contributed by atoms with van der Waals surface area (Å²) in [5.41, 5.74) is 0.642. The number of nitrogens with zero attached hydrogens (tertiary/aromatic N) is 1. The number of carboxylic acid groups (broad SMARTS) is 1. The van der Waals surface area contributed by atoms with Gasteiger partial charge in [0.2, 0.25) is 0 Å². The fourth-order valence-electron chi connectivity index (χ4n) is 3.59. The van der Waals surface area contributed by atoms with Crippen LogP contribution in [0, 0.1) is 6.92 Å². The van der Waals surface area contributed by atoms with Gasteiger partial charge in [-0.05, 0) is 37.5 Å². The molecule has 0 aromatic heterocycles. The molecule has 180 valence electrons. The first-order valence-corrected chi connectivity index (χ1v) is 12.5. The summed E-state index contributed by atoms with van der Waals surface area (Å²) >= 11 is 0. The first-order chi connectivity index (χ1) is 14.7. The summed E-state index contributed by atoms with van der Waals surface area (Å²) in [6.45, 7) is 5.39. The Morgan fingerprint density at radius 1 is 0.806 bits per heavy atom. The molecule has 0 aliphatic carbocycles. The van der Waals surface area contributed by atoms with E-state index in [9.17, 15) is 9.90 Å². The van der Waals surface area contributed by atoms with Crippen molar-refractivity contribution in [1.29, 1.82) is 0 Å². The van der Waals surface area contributed by atoms with Crippen molar-refractivity contribution in [1.82, 2.24) is 0 Å². The summed E-state index contributed by atoms with van der Waals surface area (Å²) in [6, 6.07) is 4.30. The molecule has 4 heteroatoms. The number of unbranched alkanes of at least 4 members (excludes halogenated alkanes) is 13. The van der Waals surface area contributed by atoms with Gasteiger partial charge in [0.1, 0.15) is 5.75 Å². The quantitative estimate of drug-likeness (QED) is 0.247. The SMILES string of the molecule is CCCCCCCCCCCCCCCC[N+](C)(C)C.Cc1ccc(C(=O)[O-])c(O)c1. The lowest BCUT2D eigenvalue weighted by Gasteiger charge is -2.23. The zero-order valence-electron chi connectivity index (χ0n) is 21.0. The van der Waals surface area contributed by atoms with E-state index in [1.54, 1.807) is 13.0 Å². The van der Waals surface area contributed by atoms with Gasteiger partial charge in [0.15, 0.2) is 0 Å². The summed E-state index contributed by atoms with van der Waals surface area (Å²) in [7, 11) is 6.88. The van der Waals surface area contributed by atoms with E-state index < -0.39 is 5.97 Å². The zero-order valence-corrected chi connectivity index (χ0v) is 21.0. The first kappa shape index (κ1) is 29.5. The lowest BCUT2D eigenvalue weighted by atomic mass is 10.0. The van der Waals surface area contributed by atoms with Gasteiger partial charge >= 0.3 is 0 Å². The van der Waals surface area contributed by atoms with Crippen molar-refractivity contribution in [2.24, 2.45) is 0 Å². The Morgan fingerprint density at radius 3 is 1.58 bits per heavy atom. The van der Waals surface area contributed by atoms with Crippen molar-refractivity contribution in [2.45, 2.75) is 104 Å². The van der Waals surface area contributed by atoms with Crippen molar-refractivity contribution < 1.29 is 19.5 Å². The third kappa shape index (κ3) is 18.9. The molecule has 0 aliphatic heterocycles. The molecule has 4 nitrogen and oxygen atoms in total. The average Bonchev–Trinajstić information content (AvgIpc) is 2.67. The van der Waals surface area contributed by atoms with E-state index >= 15 is 0 Å². The lowest BCUT2D eigenvalue weighted by molar-refractivity contribution is -0.870. The predicted molar refractivity (Wildman–Crippen MR) is 130 cm³/mol. The minimum atomic E-state index is -1.36. The standard InChI is InChI=1S/C19H42N.C8H8O3/c1-5-6-7-8-9-10-11-12-13-14-15-16-17-18-19-20(2,3)4;1-5-2-3-6(8(10)11)7(9)4-5/h5-19H2,1-4H3;2-4,9H,1H3,(H,10,11)/q+1;/p-1. The molecule has 0 saturated carbocycles. The predicted octanol–water partition coefficient (Wildman–Crippen LogP) is 6.24. The highest BCUT2D eigenvalue weighted by Gasteiger charge is 2.05. The molecule has 0 unspecified atom stereocenters. The fourth-order valence-corrected chi connectivity index (χ4v) is 3.59. The first-order valence-electron chi connectivity index (χ1n) is 12.5. The molecule has 0 spiro atoms. The Hall–Kier alpha value is -1.55. The Labute approximate surface area is 192 Å². The second kappa shape index (κ2) is 18.1. The van der Waals surface area contributed by atoms with E-state index in [1.165, 1.54) is 109 Å². The van der Waals surface area contributed by atoms with Gasteiger partial charge in [0.25, 0.3) is 0 Å². The number of phenols is 1. The third-order valence-electron chi connectivity index (χ3n) is 5.56. The molecule has 0 aliphatic rings. The molecular weight excluding hydrogens is 386 g/mol. The molecule has 0 heterocycles. The van der Waals surface area contributed by atoms with E-state index in [1.807, 2.05) is 0 Å². The van der Waals surface area contributed by atoms with Crippen LogP contribution in [0.5, 0.6) is 5.75 Å². The van der Waals surface area contributed by atoms with Crippen LogP contribution < -0.4 is 5.11 Å². The Bertz CT molecular complexity index is 578. The highest BCUT2D eigenvalue weighted by atomic mass is 16.4. The van der Waals surface area contributed by atoms with Crippen LogP contribution in [0.25, 0.3) is 0 Å². The van der Waals surface area contributed by atoms with E-state index in [-0.39, 0.29) is 11.3 Å². The van der Waals surface area contributed by atoms with Crippen LogP contribution in [0.4, 0.5) is 0 Å². The van der Waals surface area contributed by atoms with Crippen LogP contribution in [0.15, 0.2) is 18.2 Å². The molecular formula is C27H49NO3. The van der Waals surface area contributed by atoms with Crippen molar-refractivity contribution >= 4 is 5.97 Å². The smallest absolute Gasteiger partial charge is 0.124 e. The number of quaternary nitrogens is 1. The number of hydrogen-bond donors (Lipinski definition) is 1. The number of aryl methyl sites for hydroxylation is 1. The molecule has 31 heavy (non-hydrogen) atoms. The van der Waals surface area contributed by atoms with Crippen LogP contribution in [0.3, 0.4) is 0 Å². The second-order valence-electron chi connectivity index (χ2n) is 9.92. The van der Waals surface area contributed by atoms with Crippen molar-refractivity contribution in [2.75, 3.05) is 27.7 Å². The van der Waals surface area contributed by atoms with Gasteiger partial charge in [-0.25, -0.2) is 0 Å². The number of aromatic carboxylic acids is 1. The lowest BCUT2D eigenvalue weighted by Crippen LogP contribution is -2.35. The summed E-state index contributed by atoms with van der Waals surface area (Å²) in [5.74, 6) is -1.60. The fraction of sp³-hybridized carbons (Fsp3) is 0.741. The van der Waals surface area contributed by atoms with Crippen LogP contribution in [0.1, 0.15) is 113 Å². The minimum absolute atomic E-state index is 0.171. The molecule has 0 atom stereocenters. The zero-order chi connectivity index (χ0) is 23.5. The topological polar surface area (TPSA) is 60.4 Å². The van der Waals surface area contributed by atoms with Gasteiger partial charge in [-0.15, -0.1) is 0 Å². The van der Waals surface area contributed by atoms with Gasteiger partial charge in [0.05, 0.1) is 33.7 Å². The molecule has 0 fully saturated rings. The Kier molecular flexibility index (Phi) is 17.2. The molecule has 0 bridgehead atoms. The van der Waals surface area contributed by atoms with Crippen LogP contribution >= 0.6 is 0 Å². The molecule has 0 saturated heterocycles. The summed E-state index contributed by atoms with van der Waals surface area (Å²) < 4.78 is 1.12. The van der Waals surface area contributed by atoms with Crippen LogP contribution in [0.2, 0.25) is 0 Å². The number of rotatable bonds is 16. The van der Waals surface area contributed by atoms with Crippen LogP contribution in [-0.2, 0) is 0 Å². The van der Waals surface area contributed by atoms with Gasteiger partial charge in [0, 0.05) is 5.56 Å². The second-order valence-corrected chi connectivity index (χ2v) is 9.92. The molecule has 0 amide bonds. The number of carbonyl (C=O) groups excluding carboxylic acids is 1. The maximum Gasteiger partial charge on any atom is 0.124 e. The molecule has 0 radical (unpaired) electrons. The number of carboxylic acids is 1.